The first-order valence-electron chi connectivity index (χ1n) is 8.00. The van der Waals surface area contributed by atoms with Gasteiger partial charge in [-0.1, -0.05) is 33.9 Å². The van der Waals surface area contributed by atoms with Gasteiger partial charge in [0.2, 0.25) is 5.89 Å². The summed E-state index contributed by atoms with van der Waals surface area (Å²) in [6.45, 7) is 0. The van der Waals surface area contributed by atoms with Crippen molar-refractivity contribution in [3.63, 3.8) is 0 Å². The van der Waals surface area contributed by atoms with Crippen LogP contribution in [0, 0.1) is 0 Å². The number of methoxy groups -OCH3 is 1. The van der Waals surface area contributed by atoms with E-state index in [1.54, 1.807) is 19.2 Å². The highest BCUT2D eigenvalue weighted by atomic mass is 79.9. The number of Topliss-reactive ketones (excluding diaryl/α,β-unsaturated/α-hetero) is 1. The van der Waals surface area contributed by atoms with E-state index < -0.39 is 5.54 Å². The molecule has 1 aliphatic rings. The second kappa shape index (κ2) is 7.03. The lowest BCUT2D eigenvalue weighted by Crippen LogP contribution is -2.34. The van der Waals surface area contributed by atoms with Crippen LogP contribution >= 0.6 is 15.9 Å². The van der Waals surface area contributed by atoms with Gasteiger partial charge in [-0.25, -0.2) is 0 Å². The van der Waals surface area contributed by atoms with Crippen LogP contribution in [0.1, 0.15) is 54.2 Å². The third-order valence-electron chi connectivity index (χ3n) is 4.44. The van der Waals surface area contributed by atoms with Gasteiger partial charge in [-0.15, -0.1) is 0 Å². The minimum absolute atomic E-state index is 0.0313. The number of ketones is 1. The second-order valence-corrected chi connectivity index (χ2v) is 7.06. The number of benzene rings is 1. The van der Waals surface area contributed by atoms with E-state index in [0.29, 0.717) is 29.4 Å². The average Bonchev–Trinajstić information content (AvgIpc) is 3.22. The molecule has 0 aliphatic heterocycles. The van der Waals surface area contributed by atoms with Crippen LogP contribution in [0.4, 0.5) is 0 Å². The van der Waals surface area contributed by atoms with Crippen molar-refractivity contribution in [1.29, 1.82) is 0 Å². The summed E-state index contributed by atoms with van der Waals surface area (Å²) in [7, 11) is 1.55. The standard InChI is InChI=1S/C17H20BrN3O3/c1-23-14-6-4-11(18)10-12(14)13(22)5-7-15-20-16(21-24-15)17(19)8-2-3-9-17/h4,6,10H,2-3,5,7-9,19H2,1H3. The number of ether oxygens (including phenoxy) is 1. The van der Waals surface area contributed by atoms with Crippen molar-refractivity contribution in [2.24, 2.45) is 5.73 Å². The van der Waals surface area contributed by atoms with Crippen LogP contribution in [0.2, 0.25) is 0 Å². The summed E-state index contributed by atoms with van der Waals surface area (Å²) in [6, 6.07) is 5.36. The minimum Gasteiger partial charge on any atom is -0.496 e. The van der Waals surface area contributed by atoms with E-state index in [4.69, 9.17) is 15.0 Å². The van der Waals surface area contributed by atoms with E-state index in [1.807, 2.05) is 6.07 Å². The second-order valence-electron chi connectivity index (χ2n) is 6.14. The van der Waals surface area contributed by atoms with Crippen molar-refractivity contribution in [1.82, 2.24) is 10.1 Å². The molecule has 0 unspecified atom stereocenters. The van der Waals surface area contributed by atoms with Crippen molar-refractivity contribution in [3.05, 3.63) is 40.0 Å². The quantitative estimate of drug-likeness (QED) is 0.756. The normalized spacial score (nSPS) is 16.3. The van der Waals surface area contributed by atoms with Gasteiger partial charge >= 0.3 is 0 Å². The molecule has 128 valence electrons. The molecular weight excluding hydrogens is 374 g/mol. The molecule has 2 aromatic rings. The van der Waals surface area contributed by atoms with Gasteiger partial charge in [-0.3, -0.25) is 4.79 Å². The van der Waals surface area contributed by atoms with E-state index in [9.17, 15) is 4.79 Å². The molecule has 0 bridgehead atoms. The molecule has 2 N–H and O–H groups in total. The zero-order valence-electron chi connectivity index (χ0n) is 13.5. The monoisotopic (exact) mass is 393 g/mol. The molecule has 0 saturated heterocycles. The van der Waals surface area contributed by atoms with Crippen molar-refractivity contribution >= 4 is 21.7 Å². The highest BCUT2D eigenvalue weighted by molar-refractivity contribution is 9.10. The van der Waals surface area contributed by atoms with Crippen molar-refractivity contribution in [2.45, 2.75) is 44.1 Å². The van der Waals surface area contributed by atoms with Crippen LogP contribution < -0.4 is 10.5 Å². The Labute approximate surface area is 148 Å². The number of hydrogen-bond acceptors (Lipinski definition) is 6. The number of nitrogens with zero attached hydrogens (tertiary/aromatic N) is 2. The molecule has 0 atom stereocenters. The van der Waals surface area contributed by atoms with Crippen LogP contribution in [0.25, 0.3) is 0 Å². The summed E-state index contributed by atoms with van der Waals surface area (Å²) < 4.78 is 11.4. The first-order valence-corrected chi connectivity index (χ1v) is 8.80. The highest BCUT2D eigenvalue weighted by Crippen LogP contribution is 2.34. The summed E-state index contributed by atoms with van der Waals surface area (Å²) in [4.78, 5) is 16.9. The van der Waals surface area contributed by atoms with Gasteiger partial charge in [0.25, 0.3) is 0 Å². The molecule has 6 nitrogen and oxygen atoms in total. The molecule has 1 heterocycles. The van der Waals surface area contributed by atoms with Crippen LogP contribution in [0.5, 0.6) is 5.75 Å². The molecule has 1 aliphatic carbocycles. The first-order chi connectivity index (χ1) is 11.5. The number of carbonyl (C=O) groups excluding carboxylic acids is 1. The van der Waals surface area contributed by atoms with Gasteiger partial charge in [0, 0.05) is 17.3 Å². The molecule has 24 heavy (non-hydrogen) atoms. The van der Waals surface area contributed by atoms with Gasteiger partial charge in [-0.05, 0) is 31.0 Å². The molecular formula is C17H20BrN3O3. The van der Waals surface area contributed by atoms with Gasteiger partial charge in [0.05, 0.1) is 18.2 Å². The maximum atomic E-state index is 12.5. The molecule has 1 aromatic heterocycles. The number of aryl methyl sites for hydroxylation is 1. The fourth-order valence-electron chi connectivity index (χ4n) is 3.04. The Balaban J connectivity index is 1.67. The van der Waals surface area contributed by atoms with Crippen LogP contribution in [0.15, 0.2) is 27.2 Å². The summed E-state index contributed by atoms with van der Waals surface area (Å²) in [5, 5.41) is 4.01. The Morgan fingerprint density at radius 1 is 1.42 bits per heavy atom. The molecule has 0 amide bonds. The van der Waals surface area contributed by atoms with Gasteiger partial charge in [-0.2, -0.15) is 4.98 Å². The zero-order valence-corrected chi connectivity index (χ0v) is 15.1. The minimum atomic E-state index is -0.473. The number of carbonyl (C=O) groups is 1. The predicted molar refractivity (Wildman–Crippen MR) is 92.0 cm³/mol. The number of hydrogen-bond donors (Lipinski definition) is 1. The number of aromatic nitrogens is 2. The Kier molecular flexibility index (Phi) is 5.01. The summed E-state index contributed by atoms with van der Waals surface area (Å²) in [6.07, 6.45) is 4.58. The lowest BCUT2D eigenvalue weighted by Gasteiger charge is -2.17. The largest absolute Gasteiger partial charge is 0.496 e. The lowest BCUT2D eigenvalue weighted by atomic mass is 9.98. The van der Waals surface area contributed by atoms with Crippen molar-refractivity contribution in [3.8, 4) is 5.75 Å². The topological polar surface area (TPSA) is 91.2 Å². The van der Waals surface area contributed by atoms with E-state index >= 15 is 0 Å². The Morgan fingerprint density at radius 3 is 2.88 bits per heavy atom. The van der Waals surface area contributed by atoms with Crippen LogP contribution in [-0.4, -0.2) is 23.0 Å². The number of nitrogens with two attached hydrogens (primary N) is 1. The van der Waals surface area contributed by atoms with Gasteiger partial charge in [0.1, 0.15) is 5.75 Å². The summed E-state index contributed by atoms with van der Waals surface area (Å²) >= 11 is 3.37. The third-order valence-corrected chi connectivity index (χ3v) is 4.93. The van der Waals surface area contributed by atoms with Gasteiger partial charge < -0.3 is 15.0 Å². The van der Waals surface area contributed by atoms with E-state index in [1.165, 1.54) is 0 Å². The smallest absolute Gasteiger partial charge is 0.227 e. The molecule has 3 rings (SSSR count). The zero-order chi connectivity index (χ0) is 17.2. The van der Waals surface area contributed by atoms with Crippen molar-refractivity contribution < 1.29 is 14.1 Å². The molecule has 1 saturated carbocycles. The molecule has 0 spiro atoms. The Morgan fingerprint density at radius 2 is 2.17 bits per heavy atom. The SMILES string of the molecule is COc1ccc(Br)cc1C(=O)CCc1nc(C2(N)CCCC2)no1. The van der Waals surface area contributed by atoms with E-state index in [2.05, 4.69) is 26.1 Å². The maximum Gasteiger partial charge on any atom is 0.227 e. The summed E-state index contributed by atoms with van der Waals surface area (Å²) in [5.41, 5.74) is 6.39. The lowest BCUT2D eigenvalue weighted by molar-refractivity contribution is 0.0976. The molecule has 0 radical (unpaired) electrons. The average molecular weight is 394 g/mol. The van der Waals surface area contributed by atoms with Crippen molar-refractivity contribution in [2.75, 3.05) is 7.11 Å². The van der Waals surface area contributed by atoms with E-state index in [0.717, 1.165) is 30.2 Å². The Bertz CT molecular complexity index is 738. The van der Waals surface area contributed by atoms with Gasteiger partial charge in [0.15, 0.2) is 11.6 Å². The number of rotatable bonds is 6. The molecule has 7 heteroatoms. The summed E-state index contributed by atoms with van der Waals surface area (Å²) in [5.74, 6) is 1.53. The Hall–Kier alpha value is -1.73. The van der Waals surface area contributed by atoms with Crippen LogP contribution in [0.3, 0.4) is 0 Å². The maximum absolute atomic E-state index is 12.5. The number of halogens is 1. The fourth-order valence-corrected chi connectivity index (χ4v) is 3.40. The fraction of sp³-hybridized carbons (Fsp3) is 0.471. The highest BCUT2D eigenvalue weighted by Gasteiger charge is 2.35. The molecule has 1 aromatic carbocycles. The third kappa shape index (κ3) is 3.52. The van der Waals surface area contributed by atoms with Crippen LogP contribution in [-0.2, 0) is 12.0 Å². The molecule has 1 fully saturated rings. The predicted octanol–water partition coefficient (Wildman–Crippen LogP) is 3.38. The first kappa shape index (κ1) is 17.1. The van der Waals surface area contributed by atoms with E-state index in [-0.39, 0.29) is 12.2 Å².